The van der Waals surface area contributed by atoms with Crippen molar-refractivity contribution in [1.82, 2.24) is 0 Å². The molecular weight excluding hydrogens is 353 g/mol. The number of aliphatic carboxylic acids is 1. The number of carbonyl (C=O) groups excluding carboxylic acids is 1. The van der Waals surface area contributed by atoms with Crippen molar-refractivity contribution in [1.29, 1.82) is 0 Å². The Labute approximate surface area is 181 Å². The second kappa shape index (κ2) is 8.70. The molecule has 1 rings (SSSR count). The van der Waals surface area contributed by atoms with E-state index in [0.29, 0.717) is 0 Å². The standard InChI is InChI=1S/C14H18BF3NO4.K/c1-14(2,3)23-13(22)19(4)11-6-9(7-12(20)21)5-10(8-11)15(16,17)18;/h5-6,8H,7H2,1-4H3,(H,20,21);/q-1;+1. The van der Waals surface area contributed by atoms with Crippen molar-refractivity contribution in [3.8, 4) is 0 Å². The summed E-state index contributed by atoms with van der Waals surface area (Å²) in [6, 6.07) is 2.80. The van der Waals surface area contributed by atoms with E-state index in [1.54, 1.807) is 20.8 Å². The number of anilines is 1. The monoisotopic (exact) mass is 371 g/mol. The van der Waals surface area contributed by atoms with Crippen LogP contribution in [0.15, 0.2) is 18.2 Å². The van der Waals surface area contributed by atoms with E-state index < -0.39 is 36.5 Å². The van der Waals surface area contributed by atoms with Gasteiger partial charge in [-0.15, -0.1) is 5.46 Å². The SMILES string of the molecule is CN(C(=O)OC(C)(C)C)c1cc(CC(=O)O)cc([B-](F)(F)F)c1.[K+]. The Morgan fingerprint density at radius 1 is 1.21 bits per heavy atom. The van der Waals surface area contributed by atoms with E-state index in [0.717, 1.165) is 17.0 Å². The van der Waals surface area contributed by atoms with Gasteiger partial charge in [-0.3, -0.25) is 9.69 Å². The molecule has 0 radical (unpaired) electrons. The van der Waals surface area contributed by atoms with Crippen molar-refractivity contribution >= 4 is 30.2 Å². The zero-order chi connectivity index (χ0) is 18.0. The number of hydrogen-bond acceptors (Lipinski definition) is 3. The van der Waals surface area contributed by atoms with Gasteiger partial charge >= 0.3 is 70.4 Å². The van der Waals surface area contributed by atoms with Crippen LogP contribution in [0.5, 0.6) is 0 Å². The Kier molecular flexibility index (Phi) is 8.51. The third-order valence-corrected chi connectivity index (χ3v) is 2.79. The molecule has 0 saturated heterocycles. The van der Waals surface area contributed by atoms with Gasteiger partial charge in [-0.05, 0) is 32.4 Å². The predicted octanol–water partition coefficient (Wildman–Crippen LogP) is -0.257. The largest absolute Gasteiger partial charge is 1.00 e. The maximum atomic E-state index is 13.0. The quantitative estimate of drug-likeness (QED) is 0.741. The summed E-state index contributed by atoms with van der Waals surface area (Å²) in [5.41, 5.74) is -1.89. The first kappa shape index (κ1) is 23.5. The van der Waals surface area contributed by atoms with E-state index in [4.69, 9.17) is 9.84 Å². The average Bonchev–Trinajstić information content (AvgIpc) is 2.33. The van der Waals surface area contributed by atoms with Crippen molar-refractivity contribution < 1.29 is 83.8 Å². The fourth-order valence-corrected chi connectivity index (χ4v) is 1.79. The average molecular weight is 371 g/mol. The molecule has 0 spiro atoms. The van der Waals surface area contributed by atoms with Gasteiger partial charge in [0.2, 0.25) is 0 Å². The van der Waals surface area contributed by atoms with Gasteiger partial charge < -0.3 is 22.8 Å². The van der Waals surface area contributed by atoms with Crippen LogP contribution in [-0.2, 0) is 16.0 Å². The summed E-state index contributed by atoms with van der Waals surface area (Å²) in [7, 11) is 1.26. The number of ether oxygens (including phenoxy) is 1. The molecule has 1 aromatic rings. The van der Waals surface area contributed by atoms with Crippen LogP contribution in [-0.4, -0.2) is 36.8 Å². The Bertz CT molecular complexity index is 617. The molecule has 0 heterocycles. The molecule has 0 atom stereocenters. The Hall–Kier alpha value is -0.549. The molecule has 128 valence electrons. The molecule has 0 aromatic heterocycles. The normalized spacial score (nSPS) is 11.5. The van der Waals surface area contributed by atoms with Gasteiger partial charge in [-0.25, -0.2) is 4.79 Å². The molecule has 1 amide bonds. The molecule has 1 N–H and O–H groups in total. The van der Waals surface area contributed by atoms with Gasteiger partial charge in [-0.2, -0.15) is 0 Å². The topological polar surface area (TPSA) is 66.8 Å². The van der Waals surface area contributed by atoms with Crippen LogP contribution in [0.1, 0.15) is 26.3 Å². The predicted molar refractivity (Wildman–Crippen MR) is 81.1 cm³/mol. The summed E-state index contributed by atoms with van der Waals surface area (Å²) in [6.45, 7) is -0.439. The maximum Gasteiger partial charge on any atom is 1.00 e. The Morgan fingerprint density at radius 3 is 2.17 bits per heavy atom. The van der Waals surface area contributed by atoms with Gasteiger partial charge in [-0.1, -0.05) is 12.1 Å². The second-order valence-corrected chi connectivity index (χ2v) is 6.12. The Balaban J connectivity index is 0.00000529. The summed E-state index contributed by atoms with van der Waals surface area (Å²) in [4.78, 5) is 23.6. The number of hydrogen-bond donors (Lipinski definition) is 1. The fraction of sp³-hybridized carbons (Fsp3) is 0.429. The molecule has 24 heavy (non-hydrogen) atoms. The first-order valence-electron chi connectivity index (χ1n) is 6.82. The van der Waals surface area contributed by atoms with E-state index in [1.165, 1.54) is 13.1 Å². The van der Waals surface area contributed by atoms with Crippen molar-refractivity contribution in [2.45, 2.75) is 32.8 Å². The second-order valence-electron chi connectivity index (χ2n) is 6.12. The van der Waals surface area contributed by atoms with E-state index in [9.17, 15) is 22.5 Å². The number of carboxylic acid groups (broad SMARTS) is 1. The summed E-state index contributed by atoms with van der Waals surface area (Å²) >= 11 is 0. The van der Waals surface area contributed by atoms with Crippen LogP contribution < -0.4 is 61.7 Å². The van der Waals surface area contributed by atoms with Gasteiger partial charge in [0.15, 0.2) is 0 Å². The smallest absolute Gasteiger partial charge is 0.481 e. The van der Waals surface area contributed by atoms with Crippen molar-refractivity contribution in [2.24, 2.45) is 0 Å². The minimum Gasteiger partial charge on any atom is -0.481 e. The van der Waals surface area contributed by atoms with E-state index in [2.05, 4.69) is 0 Å². The summed E-state index contributed by atoms with van der Waals surface area (Å²) in [5, 5.41) is 8.77. The molecule has 0 unspecified atom stereocenters. The van der Waals surface area contributed by atoms with Gasteiger partial charge in [0.05, 0.1) is 6.42 Å². The molecule has 0 bridgehead atoms. The number of carboxylic acids is 1. The molecule has 0 aliphatic heterocycles. The van der Waals surface area contributed by atoms with Crippen molar-refractivity contribution in [2.75, 3.05) is 11.9 Å². The van der Waals surface area contributed by atoms with E-state index in [1.807, 2.05) is 0 Å². The van der Waals surface area contributed by atoms with E-state index in [-0.39, 0.29) is 62.6 Å². The fourth-order valence-electron chi connectivity index (χ4n) is 1.79. The first-order chi connectivity index (χ1) is 10.3. The number of carbonyl (C=O) groups is 2. The number of amides is 1. The number of benzene rings is 1. The minimum atomic E-state index is -5.33. The van der Waals surface area contributed by atoms with Crippen molar-refractivity contribution in [3.05, 3.63) is 23.8 Å². The molecule has 10 heteroatoms. The molecule has 1 aromatic carbocycles. The molecule has 0 aliphatic carbocycles. The zero-order valence-corrected chi connectivity index (χ0v) is 17.4. The first-order valence-corrected chi connectivity index (χ1v) is 6.82. The Morgan fingerprint density at radius 2 is 1.75 bits per heavy atom. The third kappa shape index (κ3) is 7.56. The minimum absolute atomic E-state index is 0. The summed E-state index contributed by atoms with van der Waals surface area (Å²) in [5.74, 6) is -1.26. The molecule has 0 saturated carbocycles. The summed E-state index contributed by atoms with van der Waals surface area (Å²) in [6.07, 6.45) is -1.40. The van der Waals surface area contributed by atoms with E-state index >= 15 is 0 Å². The number of rotatable bonds is 4. The van der Waals surface area contributed by atoms with Crippen LogP contribution in [0.4, 0.5) is 23.4 Å². The van der Waals surface area contributed by atoms with Crippen LogP contribution in [0.3, 0.4) is 0 Å². The maximum absolute atomic E-state index is 13.0. The van der Waals surface area contributed by atoms with Gasteiger partial charge in [0.25, 0.3) is 0 Å². The molecule has 0 fully saturated rings. The van der Waals surface area contributed by atoms with Crippen LogP contribution in [0.25, 0.3) is 0 Å². The van der Waals surface area contributed by atoms with Crippen LogP contribution >= 0.6 is 0 Å². The van der Waals surface area contributed by atoms with Gasteiger partial charge in [0, 0.05) is 12.7 Å². The molecule has 0 aliphatic rings. The van der Waals surface area contributed by atoms with Crippen LogP contribution in [0.2, 0.25) is 0 Å². The number of nitrogens with zero attached hydrogens (tertiary/aromatic N) is 1. The number of halogens is 3. The van der Waals surface area contributed by atoms with Gasteiger partial charge in [0.1, 0.15) is 5.60 Å². The van der Waals surface area contributed by atoms with Crippen LogP contribution in [0, 0.1) is 0 Å². The third-order valence-electron chi connectivity index (χ3n) is 2.79. The zero-order valence-electron chi connectivity index (χ0n) is 14.3. The van der Waals surface area contributed by atoms with Crippen molar-refractivity contribution in [3.63, 3.8) is 0 Å². The summed E-state index contributed by atoms with van der Waals surface area (Å²) < 4.78 is 44.1. The molecule has 5 nitrogen and oxygen atoms in total. The molecular formula is C14H18BF3KNO4.